The number of hydrogen-bond donors (Lipinski definition) is 0. The lowest BCUT2D eigenvalue weighted by atomic mass is 9.92. The van der Waals surface area contributed by atoms with Crippen molar-refractivity contribution >= 4 is 6.08 Å². The Morgan fingerprint density at radius 3 is 2.33 bits per heavy atom. The summed E-state index contributed by atoms with van der Waals surface area (Å²) in [6, 6.07) is 11.4. The van der Waals surface area contributed by atoms with Gasteiger partial charge in [-0.05, 0) is 66.6 Å². The van der Waals surface area contributed by atoms with Gasteiger partial charge in [-0.25, -0.2) is 0 Å². The van der Waals surface area contributed by atoms with Crippen LogP contribution in [0.25, 0.3) is 17.2 Å². The lowest BCUT2D eigenvalue weighted by molar-refractivity contribution is 1.29. The molecule has 18 heavy (non-hydrogen) atoms. The van der Waals surface area contributed by atoms with E-state index in [9.17, 15) is 0 Å². The molecule has 2 aromatic carbocycles. The molecule has 0 atom stereocenters. The fraction of sp³-hybridized carbons (Fsp3) is 0.222. The first kappa shape index (κ1) is 11.3. The van der Waals surface area contributed by atoms with Crippen molar-refractivity contribution < 1.29 is 0 Å². The number of hydrogen-bond acceptors (Lipinski definition) is 0. The molecule has 0 unspecified atom stereocenters. The first-order chi connectivity index (χ1) is 8.65. The standard InChI is InChI=1S/C18H18/c1-12-9-13(2)18(14(3)10-12)17-8-7-15-5-4-6-16(15)11-17/h4,6-11H,5H2,1-3H3. The van der Waals surface area contributed by atoms with Crippen molar-refractivity contribution in [2.45, 2.75) is 27.2 Å². The lowest BCUT2D eigenvalue weighted by Gasteiger charge is -2.13. The maximum absolute atomic E-state index is 2.32. The van der Waals surface area contributed by atoms with Gasteiger partial charge in [0.05, 0.1) is 0 Å². The SMILES string of the molecule is Cc1cc(C)c(-c2ccc3c(c2)C=CC3)c(C)c1. The van der Waals surface area contributed by atoms with E-state index >= 15 is 0 Å². The third kappa shape index (κ3) is 1.78. The summed E-state index contributed by atoms with van der Waals surface area (Å²) in [7, 11) is 0. The van der Waals surface area contributed by atoms with Gasteiger partial charge in [-0.15, -0.1) is 0 Å². The minimum atomic E-state index is 1.08. The Hall–Kier alpha value is -1.82. The van der Waals surface area contributed by atoms with Gasteiger partial charge in [0.2, 0.25) is 0 Å². The molecule has 0 saturated carbocycles. The first-order valence-electron chi connectivity index (χ1n) is 6.53. The number of allylic oxidation sites excluding steroid dienone is 1. The van der Waals surface area contributed by atoms with Crippen LogP contribution in [0.3, 0.4) is 0 Å². The van der Waals surface area contributed by atoms with Crippen LogP contribution < -0.4 is 0 Å². The Kier molecular flexibility index (Phi) is 2.59. The van der Waals surface area contributed by atoms with Crippen LogP contribution in [0, 0.1) is 20.8 Å². The van der Waals surface area contributed by atoms with Crippen molar-refractivity contribution in [2.24, 2.45) is 0 Å². The van der Waals surface area contributed by atoms with E-state index in [-0.39, 0.29) is 0 Å². The Balaban J connectivity index is 2.18. The first-order valence-corrected chi connectivity index (χ1v) is 6.53. The van der Waals surface area contributed by atoms with Gasteiger partial charge in [-0.3, -0.25) is 0 Å². The molecule has 0 bridgehead atoms. The van der Waals surface area contributed by atoms with Gasteiger partial charge in [0, 0.05) is 0 Å². The summed E-state index contributed by atoms with van der Waals surface area (Å²) in [5.74, 6) is 0. The summed E-state index contributed by atoms with van der Waals surface area (Å²) in [6.45, 7) is 6.58. The van der Waals surface area contributed by atoms with E-state index in [1.165, 1.54) is 38.9 Å². The number of aryl methyl sites for hydroxylation is 3. The minimum absolute atomic E-state index is 1.08. The summed E-state index contributed by atoms with van der Waals surface area (Å²) < 4.78 is 0. The van der Waals surface area contributed by atoms with Crippen LogP contribution in [0.2, 0.25) is 0 Å². The molecule has 0 N–H and O–H groups in total. The third-order valence-corrected chi connectivity index (χ3v) is 3.75. The van der Waals surface area contributed by atoms with Crippen molar-refractivity contribution in [2.75, 3.05) is 0 Å². The summed E-state index contributed by atoms with van der Waals surface area (Å²) in [6.07, 6.45) is 5.56. The fourth-order valence-corrected chi connectivity index (χ4v) is 3.04. The van der Waals surface area contributed by atoms with Gasteiger partial charge >= 0.3 is 0 Å². The molecule has 2 aromatic rings. The smallest absolute Gasteiger partial charge is 0.00882 e. The Morgan fingerprint density at radius 2 is 1.61 bits per heavy atom. The van der Waals surface area contributed by atoms with E-state index in [4.69, 9.17) is 0 Å². The second-order valence-electron chi connectivity index (χ2n) is 5.29. The Morgan fingerprint density at radius 1 is 0.889 bits per heavy atom. The van der Waals surface area contributed by atoms with Crippen molar-refractivity contribution in [3.05, 3.63) is 64.2 Å². The van der Waals surface area contributed by atoms with Crippen LogP contribution in [0.15, 0.2) is 36.4 Å². The molecule has 0 radical (unpaired) electrons. The summed E-state index contributed by atoms with van der Waals surface area (Å²) >= 11 is 0. The quantitative estimate of drug-likeness (QED) is 0.661. The number of rotatable bonds is 1. The van der Waals surface area contributed by atoms with Gasteiger partial charge in [-0.2, -0.15) is 0 Å². The zero-order valence-electron chi connectivity index (χ0n) is 11.2. The van der Waals surface area contributed by atoms with Crippen LogP contribution >= 0.6 is 0 Å². The molecule has 0 saturated heterocycles. The molecular formula is C18H18. The van der Waals surface area contributed by atoms with Gasteiger partial charge in [0.25, 0.3) is 0 Å². The van der Waals surface area contributed by atoms with E-state index in [1.54, 1.807) is 0 Å². The molecule has 90 valence electrons. The van der Waals surface area contributed by atoms with Crippen molar-refractivity contribution in [3.63, 3.8) is 0 Å². The third-order valence-electron chi connectivity index (χ3n) is 3.75. The molecule has 0 nitrogen and oxygen atoms in total. The summed E-state index contributed by atoms with van der Waals surface area (Å²) in [5, 5.41) is 0. The Labute approximate surface area is 109 Å². The van der Waals surface area contributed by atoms with E-state index in [2.05, 4.69) is 63.3 Å². The van der Waals surface area contributed by atoms with Crippen LogP contribution in [0.5, 0.6) is 0 Å². The molecule has 1 aliphatic rings. The highest BCUT2D eigenvalue weighted by atomic mass is 14.1. The highest BCUT2D eigenvalue weighted by molar-refractivity contribution is 5.75. The molecule has 0 amide bonds. The maximum atomic E-state index is 2.32. The largest absolute Gasteiger partial charge is 0.0795 e. The monoisotopic (exact) mass is 234 g/mol. The zero-order valence-corrected chi connectivity index (χ0v) is 11.2. The fourth-order valence-electron chi connectivity index (χ4n) is 3.04. The maximum Gasteiger partial charge on any atom is -0.00882 e. The molecule has 1 aliphatic carbocycles. The second-order valence-corrected chi connectivity index (χ2v) is 5.29. The predicted molar refractivity (Wildman–Crippen MR) is 78.8 cm³/mol. The molecule has 0 aromatic heterocycles. The number of fused-ring (bicyclic) bond motifs is 1. The summed E-state index contributed by atoms with van der Waals surface area (Å²) in [5.41, 5.74) is 9.64. The Bertz CT molecular complexity index is 622. The molecule has 0 heterocycles. The molecule has 0 spiro atoms. The molecular weight excluding hydrogens is 216 g/mol. The number of benzene rings is 2. The van der Waals surface area contributed by atoms with Crippen LogP contribution in [0.1, 0.15) is 27.8 Å². The van der Waals surface area contributed by atoms with E-state index in [1.807, 2.05) is 0 Å². The average Bonchev–Trinajstić information content (AvgIpc) is 2.74. The highest BCUT2D eigenvalue weighted by Crippen LogP contribution is 2.31. The minimum Gasteiger partial charge on any atom is -0.0795 e. The van der Waals surface area contributed by atoms with Crippen LogP contribution in [-0.2, 0) is 6.42 Å². The van der Waals surface area contributed by atoms with E-state index < -0.39 is 0 Å². The molecule has 0 fully saturated rings. The van der Waals surface area contributed by atoms with Crippen molar-refractivity contribution in [1.29, 1.82) is 0 Å². The normalized spacial score (nSPS) is 12.8. The van der Waals surface area contributed by atoms with Crippen molar-refractivity contribution in [1.82, 2.24) is 0 Å². The zero-order chi connectivity index (χ0) is 12.7. The van der Waals surface area contributed by atoms with Gasteiger partial charge in [-0.1, -0.05) is 42.0 Å². The van der Waals surface area contributed by atoms with E-state index in [0.717, 1.165) is 6.42 Å². The molecule has 0 aliphatic heterocycles. The van der Waals surface area contributed by atoms with E-state index in [0.29, 0.717) is 0 Å². The lowest BCUT2D eigenvalue weighted by Crippen LogP contribution is -1.91. The van der Waals surface area contributed by atoms with Gasteiger partial charge in [0.15, 0.2) is 0 Å². The van der Waals surface area contributed by atoms with Crippen LogP contribution in [0.4, 0.5) is 0 Å². The topological polar surface area (TPSA) is 0 Å². The average molecular weight is 234 g/mol. The van der Waals surface area contributed by atoms with Gasteiger partial charge in [0.1, 0.15) is 0 Å². The molecule has 3 rings (SSSR count). The summed E-state index contributed by atoms with van der Waals surface area (Å²) in [4.78, 5) is 0. The second kappa shape index (κ2) is 4.13. The van der Waals surface area contributed by atoms with Gasteiger partial charge < -0.3 is 0 Å². The highest BCUT2D eigenvalue weighted by Gasteiger charge is 2.10. The van der Waals surface area contributed by atoms with Crippen molar-refractivity contribution in [3.8, 4) is 11.1 Å². The molecule has 0 heteroatoms. The predicted octanol–water partition coefficient (Wildman–Crippen LogP) is 4.85. The van der Waals surface area contributed by atoms with Crippen LogP contribution in [-0.4, -0.2) is 0 Å².